The number of nitrogens with one attached hydrogen (secondary N) is 1. The summed E-state index contributed by atoms with van der Waals surface area (Å²) in [5.74, 6) is 0.583. The molecule has 106 valence electrons. The highest BCUT2D eigenvalue weighted by molar-refractivity contribution is 7.13. The van der Waals surface area contributed by atoms with E-state index < -0.39 is 0 Å². The van der Waals surface area contributed by atoms with E-state index in [9.17, 15) is 4.79 Å². The molecule has 3 heterocycles. The third-order valence-corrected chi connectivity index (χ3v) is 4.04. The number of nitrogens with zero attached hydrogens (tertiary/aromatic N) is 5. The van der Waals surface area contributed by atoms with Gasteiger partial charge in [-0.3, -0.25) is 10.00 Å². The molecule has 1 N–H and O–H groups in total. The van der Waals surface area contributed by atoms with Crippen LogP contribution >= 0.6 is 11.3 Å². The lowest BCUT2D eigenvalue weighted by Crippen LogP contribution is -2.50. The lowest BCUT2D eigenvalue weighted by Gasteiger charge is -2.34. The standard InChI is InChI=1S/C12H16N6OS/c1-16-4-2-10(15-16)14-11(19)17-5-7-18(8-6-17)12-13-3-9-20-12/h2-4,9H,5-8H2,1H3,(H,14,15,19). The van der Waals surface area contributed by atoms with E-state index in [2.05, 4.69) is 20.3 Å². The van der Waals surface area contributed by atoms with Gasteiger partial charge in [0.2, 0.25) is 0 Å². The first-order valence-corrected chi connectivity index (χ1v) is 7.30. The second-order valence-electron chi connectivity index (χ2n) is 4.59. The highest BCUT2D eigenvalue weighted by atomic mass is 32.1. The maximum Gasteiger partial charge on any atom is 0.323 e. The zero-order valence-electron chi connectivity index (χ0n) is 11.2. The number of urea groups is 1. The molecule has 1 aliphatic rings. The van der Waals surface area contributed by atoms with Gasteiger partial charge in [0.1, 0.15) is 0 Å². The van der Waals surface area contributed by atoms with Gasteiger partial charge in [-0.15, -0.1) is 11.3 Å². The van der Waals surface area contributed by atoms with Crippen molar-refractivity contribution in [1.82, 2.24) is 19.7 Å². The Kier molecular flexibility index (Phi) is 3.55. The molecule has 0 unspecified atom stereocenters. The normalized spacial score (nSPS) is 15.4. The summed E-state index contributed by atoms with van der Waals surface area (Å²) in [7, 11) is 1.82. The topological polar surface area (TPSA) is 66.3 Å². The van der Waals surface area contributed by atoms with Gasteiger partial charge in [-0.05, 0) is 0 Å². The molecule has 0 spiro atoms. The second kappa shape index (κ2) is 5.49. The molecule has 0 atom stereocenters. The van der Waals surface area contributed by atoms with Gasteiger partial charge >= 0.3 is 6.03 Å². The van der Waals surface area contributed by atoms with Crippen molar-refractivity contribution in [3.05, 3.63) is 23.8 Å². The van der Waals surface area contributed by atoms with Crippen molar-refractivity contribution >= 4 is 28.3 Å². The lowest BCUT2D eigenvalue weighted by molar-refractivity contribution is 0.208. The Balaban J connectivity index is 1.54. The Morgan fingerprint density at radius 2 is 2.15 bits per heavy atom. The van der Waals surface area contributed by atoms with Crippen LogP contribution in [-0.4, -0.2) is 51.9 Å². The molecular weight excluding hydrogens is 276 g/mol. The van der Waals surface area contributed by atoms with Gasteiger partial charge in [0.15, 0.2) is 10.9 Å². The molecule has 20 heavy (non-hydrogen) atoms. The number of aromatic nitrogens is 3. The van der Waals surface area contributed by atoms with Gasteiger partial charge in [-0.1, -0.05) is 0 Å². The van der Waals surface area contributed by atoms with E-state index >= 15 is 0 Å². The Morgan fingerprint density at radius 3 is 2.75 bits per heavy atom. The number of anilines is 2. The van der Waals surface area contributed by atoms with E-state index in [0.717, 1.165) is 18.2 Å². The van der Waals surface area contributed by atoms with E-state index in [0.29, 0.717) is 18.9 Å². The molecule has 2 aromatic rings. The summed E-state index contributed by atoms with van der Waals surface area (Å²) in [5.41, 5.74) is 0. The first-order chi connectivity index (χ1) is 9.72. The van der Waals surface area contributed by atoms with Gasteiger partial charge < -0.3 is 9.80 Å². The monoisotopic (exact) mass is 292 g/mol. The minimum atomic E-state index is -0.0949. The number of rotatable bonds is 2. The Morgan fingerprint density at radius 1 is 1.35 bits per heavy atom. The number of piperazine rings is 1. The maximum absolute atomic E-state index is 12.1. The molecule has 0 bridgehead atoms. The van der Waals surface area contributed by atoms with E-state index in [1.54, 1.807) is 39.4 Å². The number of aryl methyl sites for hydroxylation is 1. The van der Waals surface area contributed by atoms with Crippen molar-refractivity contribution in [3.63, 3.8) is 0 Å². The average molecular weight is 292 g/mol. The van der Waals surface area contributed by atoms with Crippen molar-refractivity contribution in [2.75, 3.05) is 36.4 Å². The molecule has 0 aliphatic carbocycles. The summed E-state index contributed by atoms with van der Waals surface area (Å²) in [4.78, 5) is 20.4. The Hall–Kier alpha value is -2.09. The van der Waals surface area contributed by atoms with Crippen molar-refractivity contribution < 1.29 is 4.79 Å². The average Bonchev–Trinajstić information content (AvgIpc) is 3.11. The molecule has 0 aromatic carbocycles. The van der Waals surface area contributed by atoms with Gasteiger partial charge in [0.05, 0.1) is 0 Å². The van der Waals surface area contributed by atoms with Crippen LogP contribution in [0.5, 0.6) is 0 Å². The molecule has 2 amide bonds. The zero-order chi connectivity index (χ0) is 13.9. The third kappa shape index (κ3) is 2.74. The summed E-state index contributed by atoms with van der Waals surface area (Å²) < 4.78 is 1.66. The molecule has 0 saturated carbocycles. The Bertz CT molecular complexity index is 573. The molecule has 1 saturated heterocycles. The fourth-order valence-electron chi connectivity index (χ4n) is 2.14. The number of hydrogen-bond donors (Lipinski definition) is 1. The summed E-state index contributed by atoms with van der Waals surface area (Å²) in [6.07, 6.45) is 3.61. The summed E-state index contributed by atoms with van der Waals surface area (Å²) in [6, 6.07) is 1.69. The number of amides is 2. The summed E-state index contributed by atoms with van der Waals surface area (Å²) in [6.45, 7) is 3.00. The minimum absolute atomic E-state index is 0.0949. The molecule has 1 aliphatic heterocycles. The predicted octanol–water partition coefficient (Wildman–Crippen LogP) is 1.23. The SMILES string of the molecule is Cn1ccc(NC(=O)N2CCN(c3nccs3)CC2)n1. The molecule has 2 aromatic heterocycles. The quantitative estimate of drug-likeness (QED) is 0.904. The van der Waals surface area contributed by atoms with Crippen LogP contribution < -0.4 is 10.2 Å². The fourth-order valence-corrected chi connectivity index (χ4v) is 2.84. The first-order valence-electron chi connectivity index (χ1n) is 6.42. The van der Waals surface area contributed by atoms with Crippen LogP contribution in [0.4, 0.5) is 15.7 Å². The highest BCUT2D eigenvalue weighted by Gasteiger charge is 2.22. The van der Waals surface area contributed by atoms with Crippen molar-refractivity contribution in [3.8, 4) is 0 Å². The van der Waals surface area contributed by atoms with Crippen LogP contribution in [0, 0.1) is 0 Å². The smallest absolute Gasteiger partial charge is 0.323 e. The van der Waals surface area contributed by atoms with E-state index in [1.807, 2.05) is 12.4 Å². The molecule has 1 fully saturated rings. The van der Waals surface area contributed by atoms with Crippen LogP contribution in [0.3, 0.4) is 0 Å². The molecule has 8 heteroatoms. The van der Waals surface area contributed by atoms with Crippen molar-refractivity contribution in [1.29, 1.82) is 0 Å². The van der Waals surface area contributed by atoms with E-state index in [1.165, 1.54) is 0 Å². The third-order valence-electron chi connectivity index (χ3n) is 3.21. The van der Waals surface area contributed by atoms with Crippen molar-refractivity contribution in [2.45, 2.75) is 0 Å². The van der Waals surface area contributed by atoms with E-state index in [-0.39, 0.29) is 6.03 Å². The Labute approximate surface area is 120 Å². The fraction of sp³-hybridized carbons (Fsp3) is 0.417. The molecular formula is C12H16N6OS. The van der Waals surface area contributed by atoms with Gasteiger partial charge in [-0.25, -0.2) is 9.78 Å². The van der Waals surface area contributed by atoms with Crippen LogP contribution in [0.25, 0.3) is 0 Å². The van der Waals surface area contributed by atoms with Crippen LogP contribution in [0.1, 0.15) is 0 Å². The van der Waals surface area contributed by atoms with Crippen molar-refractivity contribution in [2.24, 2.45) is 7.05 Å². The predicted molar refractivity (Wildman–Crippen MR) is 78.1 cm³/mol. The molecule has 0 radical (unpaired) electrons. The summed E-state index contributed by atoms with van der Waals surface area (Å²) >= 11 is 1.63. The number of carbonyl (C=O) groups excluding carboxylic acids is 1. The number of carbonyl (C=O) groups is 1. The highest BCUT2D eigenvalue weighted by Crippen LogP contribution is 2.19. The van der Waals surface area contributed by atoms with Gasteiger partial charge in [0, 0.05) is 57.1 Å². The first kappa shape index (κ1) is 12.9. The van der Waals surface area contributed by atoms with Crippen LogP contribution in [-0.2, 0) is 7.05 Å². The van der Waals surface area contributed by atoms with Crippen LogP contribution in [0.2, 0.25) is 0 Å². The minimum Gasteiger partial charge on any atom is -0.345 e. The molecule has 7 nitrogen and oxygen atoms in total. The van der Waals surface area contributed by atoms with Gasteiger partial charge in [0.25, 0.3) is 0 Å². The number of hydrogen-bond acceptors (Lipinski definition) is 5. The second-order valence-corrected chi connectivity index (χ2v) is 5.47. The largest absolute Gasteiger partial charge is 0.345 e. The molecule has 3 rings (SSSR count). The zero-order valence-corrected chi connectivity index (χ0v) is 12.0. The van der Waals surface area contributed by atoms with Gasteiger partial charge in [-0.2, -0.15) is 5.10 Å². The number of thiazole rings is 1. The maximum atomic E-state index is 12.1. The van der Waals surface area contributed by atoms with Crippen LogP contribution in [0.15, 0.2) is 23.8 Å². The lowest BCUT2D eigenvalue weighted by atomic mass is 10.3. The summed E-state index contributed by atoms with van der Waals surface area (Å²) in [5, 5.41) is 9.94. The van der Waals surface area contributed by atoms with E-state index in [4.69, 9.17) is 0 Å².